The molecule has 0 saturated carbocycles. The van der Waals surface area contributed by atoms with Gasteiger partial charge in [-0.05, 0) is 30.2 Å². The van der Waals surface area contributed by atoms with E-state index in [0.717, 1.165) is 22.0 Å². The van der Waals surface area contributed by atoms with E-state index in [0.29, 0.717) is 0 Å². The molecule has 0 N–H and O–H groups in total. The zero-order valence-corrected chi connectivity index (χ0v) is 10.1. The van der Waals surface area contributed by atoms with Gasteiger partial charge in [0, 0.05) is 16.0 Å². The standard InChI is InChI=1S/C12H15Cl2/c1-3-4-5-9(2)11-8-10(13)6-7-12(11)14/h6-8H,3-5H2,1-2H3. The van der Waals surface area contributed by atoms with Gasteiger partial charge in [0.15, 0.2) is 0 Å². The zero-order chi connectivity index (χ0) is 10.6. The predicted octanol–water partition coefficient (Wildman–Crippen LogP) is 5.13. The highest BCUT2D eigenvalue weighted by molar-refractivity contribution is 6.33. The van der Waals surface area contributed by atoms with Gasteiger partial charge in [-0.1, -0.05) is 49.9 Å². The normalized spacial score (nSPS) is 10.9. The van der Waals surface area contributed by atoms with E-state index in [1.54, 1.807) is 0 Å². The summed E-state index contributed by atoms with van der Waals surface area (Å²) in [7, 11) is 0. The maximum atomic E-state index is 6.09. The second kappa shape index (κ2) is 5.63. The van der Waals surface area contributed by atoms with Crippen LogP contribution < -0.4 is 0 Å². The lowest BCUT2D eigenvalue weighted by Gasteiger charge is -2.12. The van der Waals surface area contributed by atoms with Crippen molar-refractivity contribution in [2.75, 3.05) is 0 Å². The van der Waals surface area contributed by atoms with Crippen LogP contribution in [0.2, 0.25) is 10.0 Å². The summed E-state index contributed by atoms with van der Waals surface area (Å²) in [5.41, 5.74) is 1.09. The molecule has 0 heterocycles. The lowest BCUT2D eigenvalue weighted by atomic mass is 9.95. The lowest BCUT2D eigenvalue weighted by Crippen LogP contribution is -1.95. The molecule has 1 radical (unpaired) electrons. The Morgan fingerprint density at radius 1 is 1.29 bits per heavy atom. The predicted molar refractivity (Wildman–Crippen MR) is 64.0 cm³/mol. The number of hydrogen-bond acceptors (Lipinski definition) is 0. The number of rotatable bonds is 4. The molecule has 1 aromatic rings. The maximum Gasteiger partial charge on any atom is 0.0444 e. The minimum Gasteiger partial charge on any atom is -0.0843 e. The van der Waals surface area contributed by atoms with Crippen molar-refractivity contribution >= 4 is 23.2 Å². The second-order valence-corrected chi connectivity index (χ2v) is 4.35. The van der Waals surface area contributed by atoms with E-state index < -0.39 is 0 Å². The van der Waals surface area contributed by atoms with E-state index in [1.807, 2.05) is 18.2 Å². The van der Waals surface area contributed by atoms with Crippen LogP contribution in [-0.4, -0.2) is 0 Å². The molecule has 1 aromatic carbocycles. The highest BCUT2D eigenvalue weighted by atomic mass is 35.5. The van der Waals surface area contributed by atoms with Crippen molar-refractivity contribution < 1.29 is 0 Å². The molecule has 0 aliphatic carbocycles. The van der Waals surface area contributed by atoms with E-state index in [-0.39, 0.29) is 0 Å². The molecule has 0 saturated heterocycles. The second-order valence-electron chi connectivity index (χ2n) is 3.51. The van der Waals surface area contributed by atoms with Crippen LogP contribution in [0.15, 0.2) is 18.2 Å². The molecular formula is C12H15Cl2. The Bertz CT molecular complexity index is 294. The first kappa shape index (κ1) is 11.9. The van der Waals surface area contributed by atoms with Gasteiger partial charge in [0.25, 0.3) is 0 Å². The topological polar surface area (TPSA) is 0 Å². The van der Waals surface area contributed by atoms with Crippen LogP contribution in [0.3, 0.4) is 0 Å². The van der Waals surface area contributed by atoms with E-state index >= 15 is 0 Å². The van der Waals surface area contributed by atoms with Crippen molar-refractivity contribution in [2.24, 2.45) is 0 Å². The highest BCUT2D eigenvalue weighted by Crippen LogP contribution is 2.29. The van der Waals surface area contributed by atoms with Crippen LogP contribution in [0.4, 0.5) is 0 Å². The number of hydrogen-bond donors (Lipinski definition) is 0. The molecule has 0 aliphatic heterocycles. The molecular weight excluding hydrogens is 215 g/mol. The third-order valence-electron chi connectivity index (χ3n) is 2.29. The quantitative estimate of drug-likeness (QED) is 0.672. The molecule has 1 rings (SSSR count). The smallest absolute Gasteiger partial charge is 0.0444 e. The maximum absolute atomic E-state index is 6.09. The molecule has 0 nitrogen and oxygen atoms in total. The van der Waals surface area contributed by atoms with Crippen LogP contribution in [0.25, 0.3) is 0 Å². The van der Waals surface area contributed by atoms with Crippen LogP contribution in [0.5, 0.6) is 0 Å². The van der Waals surface area contributed by atoms with E-state index in [1.165, 1.54) is 18.8 Å². The molecule has 0 bridgehead atoms. The summed E-state index contributed by atoms with van der Waals surface area (Å²) < 4.78 is 0. The zero-order valence-electron chi connectivity index (χ0n) is 8.61. The van der Waals surface area contributed by atoms with Gasteiger partial charge < -0.3 is 0 Å². The minimum absolute atomic E-state index is 0.750. The Kier molecular flexibility index (Phi) is 4.77. The van der Waals surface area contributed by atoms with Crippen LogP contribution in [0.1, 0.15) is 38.7 Å². The van der Waals surface area contributed by atoms with Crippen molar-refractivity contribution in [2.45, 2.75) is 33.1 Å². The van der Waals surface area contributed by atoms with Crippen molar-refractivity contribution in [3.8, 4) is 0 Å². The van der Waals surface area contributed by atoms with E-state index in [2.05, 4.69) is 13.8 Å². The minimum atomic E-state index is 0.750. The Labute approximate surface area is 96.2 Å². The average molecular weight is 230 g/mol. The van der Waals surface area contributed by atoms with Gasteiger partial charge in [0.2, 0.25) is 0 Å². The van der Waals surface area contributed by atoms with Gasteiger partial charge in [-0.2, -0.15) is 0 Å². The third kappa shape index (κ3) is 3.18. The molecule has 0 fully saturated rings. The molecule has 0 atom stereocenters. The first-order chi connectivity index (χ1) is 6.65. The third-order valence-corrected chi connectivity index (χ3v) is 2.86. The first-order valence-corrected chi connectivity index (χ1v) is 5.68. The van der Waals surface area contributed by atoms with Gasteiger partial charge >= 0.3 is 0 Å². The molecule has 77 valence electrons. The van der Waals surface area contributed by atoms with Crippen LogP contribution in [-0.2, 0) is 0 Å². The molecule has 2 heteroatoms. The van der Waals surface area contributed by atoms with Crippen LogP contribution >= 0.6 is 23.2 Å². The Morgan fingerprint density at radius 3 is 2.64 bits per heavy atom. The monoisotopic (exact) mass is 229 g/mol. The Hall–Kier alpha value is -0.200. The summed E-state index contributed by atoms with van der Waals surface area (Å²) in [6.07, 6.45) is 3.50. The van der Waals surface area contributed by atoms with Crippen molar-refractivity contribution in [1.29, 1.82) is 0 Å². The summed E-state index contributed by atoms with van der Waals surface area (Å²) in [5, 5.41) is 1.54. The number of unbranched alkanes of at least 4 members (excludes halogenated alkanes) is 1. The molecule has 14 heavy (non-hydrogen) atoms. The van der Waals surface area contributed by atoms with Gasteiger partial charge in [0.1, 0.15) is 0 Å². The van der Waals surface area contributed by atoms with Gasteiger partial charge in [0.05, 0.1) is 0 Å². The number of benzene rings is 1. The lowest BCUT2D eigenvalue weighted by molar-refractivity contribution is 0.743. The van der Waals surface area contributed by atoms with Crippen molar-refractivity contribution in [3.05, 3.63) is 39.7 Å². The molecule has 0 amide bonds. The van der Waals surface area contributed by atoms with Crippen LogP contribution in [0, 0.1) is 5.92 Å². The summed E-state index contributed by atoms with van der Waals surface area (Å²) >= 11 is 12.0. The summed E-state index contributed by atoms with van der Waals surface area (Å²) in [6.45, 7) is 4.31. The fourth-order valence-corrected chi connectivity index (χ4v) is 1.85. The first-order valence-electron chi connectivity index (χ1n) is 4.93. The van der Waals surface area contributed by atoms with E-state index in [9.17, 15) is 0 Å². The highest BCUT2D eigenvalue weighted by Gasteiger charge is 2.10. The fraction of sp³-hybridized carbons (Fsp3) is 0.417. The summed E-state index contributed by atoms with van der Waals surface area (Å²) in [4.78, 5) is 0. The summed E-state index contributed by atoms with van der Waals surface area (Å²) in [5.74, 6) is 1.32. The largest absolute Gasteiger partial charge is 0.0843 e. The molecule has 0 unspecified atom stereocenters. The number of halogens is 2. The van der Waals surface area contributed by atoms with Gasteiger partial charge in [-0.3, -0.25) is 0 Å². The molecule has 0 aliphatic rings. The van der Waals surface area contributed by atoms with Crippen molar-refractivity contribution in [1.82, 2.24) is 0 Å². The van der Waals surface area contributed by atoms with Gasteiger partial charge in [-0.15, -0.1) is 0 Å². The fourth-order valence-electron chi connectivity index (χ4n) is 1.40. The Balaban J connectivity index is 2.77. The SMILES string of the molecule is CCCC[C](C)c1cc(Cl)ccc1Cl. The van der Waals surface area contributed by atoms with Crippen molar-refractivity contribution in [3.63, 3.8) is 0 Å². The molecule has 0 aromatic heterocycles. The molecule has 0 spiro atoms. The van der Waals surface area contributed by atoms with E-state index in [4.69, 9.17) is 23.2 Å². The average Bonchev–Trinajstić information content (AvgIpc) is 2.18. The Morgan fingerprint density at radius 2 is 2.00 bits per heavy atom. The summed E-state index contributed by atoms with van der Waals surface area (Å²) in [6, 6.07) is 5.62. The van der Waals surface area contributed by atoms with Gasteiger partial charge in [-0.25, -0.2) is 0 Å².